The molecule has 0 radical (unpaired) electrons. The summed E-state index contributed by atoms with van der Waals surface area (Å²) in [5.41, 5.74) is 2.82. The fraction of sp³-hybridized carbons (Fsp3) is 0.550. The lowest BCUT2D eigenvalue weighted by Gasteiger charge is -2.22. The first-order chi connectivity index (χ1) is 13.3. The van der Waals surface area contributed by atoms with Gasteiger partial charge in [0.15, 0.2) is 5.69 Å². The van der Waals surface area contributed by atoms with Crippen LogP contribution in [0.5, 0.6) is 0 Å². The molecule has 2 N–H and O–H groups in total. The lowest BCUT2D eigenvalue weighted by Crippen LogP contribution is -2.29. The Kier molecular flexibility index (Phi) is 9.36. The average molecular weight is 441 g/mol. The Hall–Kier alpha value is -1.67. The van der Waals surface area contributed by atoms with E-state index in [1.54, 1.807) is 6.20 Å². The molecule has 29 heavy (non-hydrogen) atoms. The molecule has 0 spiro atoms. The van der Waals surface area contributed by atoms with Crippen LogP contribution in [-0.4, -0.2) is 52.0 Å². The minimum atomic E-state index is -0.170. The number of aromatic nitrogens is 3. The smallest absolute Gasteiger partial charge is 0.273 e. The Bertz CT molecular complexity index is 755. The highest BCUT2D eigenvalue weighted by Crippen LogP contribution is 2.17. The molecule has 1 aromatic carbocycles. The van der Waals surface area contributed by atoms with Gasteiger partial charge in [0, 0.05) is 13.1 Å². The molecule has 2 aliphatic rings. The van der Waals surface area contributed by atoms with Crippen molar-refractivity contribution in [2.75, 3.05) is 26.2 Å². The standard InChI is InChI=1S/C20H28N6O.2ClH/c27-20(19-15-26(24-23-19)18-7-9-21-10-8-18)22-13-16-3-5-17(6-4-16)14-25-11-1-2-12-25;;/h3-6,15,18,21H,1-2,7-14H2,(H,22,27);2*1H. The Morgan fingerprint density at radius 2 is 1.72 bits per heavy atom. The van der Waals surface area contributed by atoms with Gasteiger partial charge in [-0.3, -0.25) is 9.69 Å². The maximum absolute atomic E-state index is 12.4. The van der Waals surface area contributed by atoms with Crippen LogP contribution in [0.1, 0.15) is 53.3 Å². The van der Waals surface area contributed by atoms with Crippen LogP contribution in [0.15, 0.2) is 30.5 Å². The molecule has 0 atom stereocenters. The zero-order chi connectivity index (χ0) is 18.5. The summed E-state index contributed by atoms with van der Waals surface area (Å²) in [4.78, 5) is 14.9. The lowest BCUT2D eigenvalue weighted by atomic mass is 10.1. The topological polar surface area (TPSA) is 75.1 Å². The number of amides is 1. The number of piperidine rings is 1. The minimum absolute atomic E-state index is 0. The second kappa shape index (κ2) is 11.5. The normalized spacial score (nSPS) is 17.4. The molecule has 0 unspecified atom stereocenters. The van der Waals surface area contributed by atoms with E-state index in [9.17, 15) is 4.79 Å². The Morgan fingerprint density at radius 3 is 2.41 bits per heavy atom. The van der Waals surface area contributed by atoms with Crippen molar-refractivity contribution in [3.8, 4) is 0 Å². The van der Waals surface area contributed by atoms with Crippen molar-refractivity contribution < 1.29 is 4.79 Å². The predicted octanol–water partition coefficient (Wildman–Crippen LogP) is 2.57. The highest BCUT2D eigenvalue weighted by atomic mass is 35.5. The monoisotopic (exact) mass is 440 g/mol. The summed E-state index contributed by atoms with van der Waals surface area (Å²) in [6, 6.07) is 8.85. The maximum atomic E-state index is 12.4. The van der Waals surface area contributed by atoms with Gasteiger partial charge in [0.2, 0.25) is 0 Å². The molecule has 2 fully saturated rings. The summed E-state index contributed by atoms with van der Waals surface area (Å²) in [5.74, 6) is -0.170. The summed E-state index contributed by atoms with van der Waals surface area (Å²) >= 11 is 0. The Morgan fingerprint density at radius 1 is 1.07 bits per heavy atom. The van der Waals surface area contributed by atoms with Crippen LogP contribution < -0.4 is 10.6 Å². The average Bonchev–Trinajstić information content (AvgIpc) is 3.40. The van der Waals surface area contributed by atoms with Crippen molar-refractivity contribution in [2.45, 2.75) is 44.8 Å². The van der Waals surface area contributed by atoms with Gasteiger partial charge >= 0.3 is 0 Å². The van der Waals surface area contributed by atoms with Crippen LogP contribution in [0.3, 0.4) is 0 Å². The summed E-state index contributed by atoms with van der Waals surface area (Å²) in [5, 5.41) is 14.5. The van der Waals surface area contributed by atoms with Crippen LogP contribution in [0.2, 0.25) is 0 Å². The SMILES string of the molecule is Cl.Cl.O=C(NCc1ccc(CN2CCCC2)cc1)c1cn(C2CCNCC2)nn1. The van der Waals surface area contributed by atoms with Crippen molar-refractivity contribution in [1.82, 2.24) is 30.5 Å². The van der Waals surface area contributed by atoms with Gasteiger partial charge < -0.3 is 10.6 Å². The van der Waals surface area contributed by atoms with Gasteiger partial charge in [0.25, 0.3) is 5.91 Å². The first-order valence-corrected chi connectivity index (χ1v) is 9.99. The maximum Gasteiger partial charge on any atom is 0.273 e. The van der Waals surface area contributed by atoms with E-state index in [0.29, 0.717) is 18.3 Å². The molecule has 9 heteroatoms. The lowest BCUT2D eigenvalue weighted by molar-refractivity contribution is 0.0946. The van der Waals surface area contributed by atoms with E-state index in [1.165, 1.54) is 31.5 Å². The van der Waals surface area contributed by atoms with E-state index in [0.717, 1.165) is 38.0 Å². The van der Waals surface area contributed by atoms with E-state index in [4.69, 9.17) is 0 Å². The quantitative estimate of drug-likeness (QED) is 0.721. The number of hydrogen-bond donors (Lipinski definition) is 2. The summed E-state index contributed by atoms with van der Waals surface area (Å²) < 4.78 is 1.84. The fourth-order valence-corrected chi connectivity index (χ4v) is 3.86. The van der Waals surface area contributed by atoms with Crippen LogP contribution in [0.25, 0.3) is 0 Å². The molecule has 1 aromatic heterocycles. The van der Waals surface area contributed by atoms with E-state index < -0.39 is 0 Å². The second-order valence-electron chi connectivity index (χ2n) is 7.55. The van der Waals surface area contributed by atoms with Crippen LogP contribution >= 0.6 is 24.8 Å². The van der Waals surface area contributed by atoms with Gasteiger partial charge in [0.05, 0.1) is 12.2 Å². The first-order valence-electron chi connectivity index (χ1n) is 9.99. The predicted molar refractivity (Wildman–Crippen MR) is 118 cm³/mol. The third-order valence-electron chi connectivity index (χ3n) is 5.51. The number of likely N-dealkylation sites (tertiary alicyclic amines) is 1. The van der Waals surface area contributed by atoms with Gasteiger partial charge in [-0.05, 0) is 63.0 Å². The molecular formula is C20H30Cl2N6O. The highest BCUT2D eigenvalue weighted by Gasteiger charge is 2.18. The zero-order valence-electron chi connectivity index (χ0n) is 16.5. The molecule has 4 rings (SSSR count). The number of benzene rings is 1. The largest absolute Gasteiger partial charge is 0.347 e. The number of carbonyl (C=O) groups excluding carboxylic acids is 1. The molecule has 0 saturated carbocycles. The first kappa shape index (κ1) is 23.6. The number of hydrogen-bond acceptors (Lipinski definition) is 5. The van der Waals surface area contributed by atoms with Crippen LogP contribution in [0.4, 0.5) is 0 Å². The molecule has 0 bridgehead atoms. The van der Waals surface area contributed by atoms with E-state index in [-0.39, 0.29) is 30.7 Å². The van der Waals surface area contributed by atoms with Gasteiger partial charge in [-0.2, -0.15) is 0 Å². The van der Waals surface area contributed by atoms with Crippen molar-refractivity contribution in [3.63, 3.8) is 0 Å². The van der Waals surface area contributed by atoms with E-state index in [1.807, 2.05) is 4.68 Å². The molecule has 7 nitrogen and oxygen atoms in total. The fourth-order valence-electron chi connectivity index (χ4n) is 3.86. The van der Waals surface area contributed by atoms with E-state index >= 15 is 0 Å². The molecule has 2 aromatic rings. The number of halogens is 2. The number of nitrogens with one attached hydrogen (secondary N) is 2. The van der Waals surface area contributed by atoms with Crippen LogP contribution in [0, 0.1) is 0 Å². The van der Waals surface area contributed by atoms with E-state index in [2.05, 4.69) is 50.1 Å². The van der Waals surface area contributed by atoms with Gasteiger partial charge in [-0.25, -0.2) is 4.68 Å². The molecule has 3 heterocycles. The highest BCUT2D eigenvalue weighted by molar-refractivity contribution is 5.91. The Labute approximate surface area is 184 Å². The summed E-state index contributed by atoms with van der Waals surface area (Å²) in [6.45, 7) is 5.90. The molecule has 0 aliphatic carbocycles. The molecule has 160 valence electrons. The second-order valence-corrected chi connectivity index (χ2v) is 7.55. The zero-order valence-corrected chi connectivity index (χ0v) is 18.2. The number of rotatable bonds is 6. The van der Waals surface area contributed by atoms with Crippen LogP contribution in [-0.2, 0) is 13.1 Å². The number of carbonyl (C=O) groups is 1. The van der Waals surface area contributed by atoms with Crippen molar-refractivity contribution in [2.24, 2.45) is 0 Å². The molecule has 2 saturated heterocycles. The minimum Gasteiger partial charge on any atom is -0.347 e. The van der Waals surface area contributed by atoms with Gasteiger partial charge in [-0.15, -0.1) is 29.9 Å². The summed E-state index contributed by atoms with van der Waals surface area (Å²) in [6.07, 6.45) is 6.44. The third kappa shape index (κ3) is 6.40. The molecule has 1 amide bonds. The van der Waals surface area contributed by atoms with Crippen molar-refractivity contribution >= 4 is 30.7 Å². The third-order valence-corrected chi connectivity index (χ3v) is 5.51. The van der Waals surface area contributed by atoms with Gasteiger partial charge in [-0.1, -0.05) is 29.5 Å². The number of nitrogens with zero attached hydrogens (tertiary/aromatic N) is 4. The molecule has 2 aliphatic heterocycles. The Balaban J connectivity index is 0.00000150. The summed E-state index contributed by atoms with van der Waals surface area (Å²) in [7, 11) is 0. The van der Waals surface area contributed by atoms with Crippen molar-refractivity contribution in [1.29, 1.82) is 0 Å². The van der Waals surface area contributed by atoms with Crippen molar-refractivity contribution in [3.05, 3.63) is 47.3 Å². The van der Waals surface area contributed by atoms with Gasteiger partial charge in [0.1, 0.15) is 0 Å². The molecular weight excluding hydrogens is 411 g/mol.